The molecule has 0 unspecified atom stereocenters. The van der Waals surface area contributed by atoms with Crippen molar-refractivity contribution >= 4 is 10.8 Å². The van der Waals surface area contributed by atoms with Crippen molar-refractivity contribution in [1.82, 2.24) is 4.98 Å². The van der Waals surface area contributed by atoms with Crippen LogP contribution in [0.3, 0.4) is 0 Å². The zero-order valence-electron chi connectivity index (χ0n) is 11.2. The summed E-state index contributed by atoms with van der Waals surface area (Å²) < 4.78 is 6.12. The molecule has 1 aliphatic rings. The van der Waals surface area contributed by atoms with Gasteiger partial charge in [-0.05, 0) is 61.8 Å². The van der Waals surface area contributed by atoms with Gasteiger partial charge in [-0.2, -0.15) is 0 Å². The second-order valence-electron chi connectivity index (χ2n) is 5.39. The highest BCUT2D eigenvalue weighted by molar-refractivity contribution is 5.83. The molecule has 19 heavy (non-hydrogen) atoms. The molecule has 3 heteroatoms. The number of aromatic nitrogens is 1. The molecule has 1 heterocycles. The van der Waals surface area contributed by atoms with Crippen LogP contribution in [0.25, 0.3) is 10.8 Å². The Labute approximate surface area is 112 Å². The first-order valence-electron chi connectivity index (χ1n) is 7.03. The molecule has 0 aliphatic heterocycles. The highest BCUT2D eigenvalue weighted by Crippen LogP contribution is 2.28. The first-order chi connectivity index (χ1) is 9.24. The molecule has 1 saturated carbocycles. The molecule has 0 saturated heterocycles. The first-order valence-corrected chi connectivity index (χ1v) is 7.03. The molecule has 0 bridgehead atoms. The molecular formula is C16H19NO2. The molecule has 0 radical (unpaired) electrons. The summed E-state index contributed by atoms with van der Waals surface area (Å²) in [6, 6.07) is 5.84. The largest absolute Gasteiger partial charge is 0.490 e. The van der Waals surface area contributed by atoms with Crippen molar-refractivity contribution in [1.29, 1.82) is 0 Å². The van der Waals surface area contributed by atoms with E-state index in [4.69, 9.17) is 4.74 Å². The molecule has 2 aromatic rings. The lowest BCUT2D eigenvalue weighted by Gasteiger charge is -2.24. The van der Waals surface area contributed by atoms with Crippen LogP contribution >= 0.6 is 0 Å². The van der Waals surface area contributed by atoms with E-state index in [0.29, 0.717) is 6.10 Å². The lowest BCUT2D eigenvalue weighted by atomic mass is 9.97. The Morgan fingerprint density at radius 1 is 1.21 bits per heavy atom. The summed E-state index contributed by atoms with van der Waals surface area (Å²) in [5, 5.41) is 1.68. The Morgan fingerprint density at radius 2 is 2.00 bits per heavy atom. The fourth-order valence-corrected chi connectivity index (χ4v) is 2.81. The van der Waals surface area contributed by atoms with Gasteiger partial charge in [-0.15, -0.1) is 0 Å². The third-order valence-corrected chi connectivity index (χ3v) is 3.91. The smallest absolute Gasteiger partial charge is 0.255 e. The summed E-state index contributed by atoms with van der Waals surface area (Å²) in [7, 11) is 0. The van der Waals surface area contributed by atoms with E-state index in [2.05, 4.69) is 4.98 Å². The summed E-state index contributed by atoms with van der Waals surface area (Å²) >= 11 is 0. The van der Waals surface area contributed by atoms with Gasteiger partial charge < -0.3 is 9.72 Å². The van der Waals surface area contributed by atoms with Crippen LogP contribution in [0.1, 0.15) is 37.7 Å². The molecule has 1 aromatic heterocycles. The van der Waals surface area contributed by atoms with Crippen LogP contribution in [0.5, 0.6) is 5.75 Å². The number of benzene rings is 1. The Bertz CT molecular complexity index is 639. The molecular weight excluding hydrogens is 238 g/mol. The molecule has 0 atom stereocenters. The fourth-order valence-electron chi connectivity index (χ4n) is 2.81. The summed E-state index contributed by atoms with van der Waals surface area (Å²) in [6.45, 7) is 2.00. The van der Waals surface area contributed by atoms with Gasteiger partial charge in [0.2, 0.25) is 0 Å². The highest BCUT2D eigenvalue weighted by atomic mass is 16.5. The minimum atomic E-state index is -0.0372. The number of rotatable bonds is 2. The minimum Gasteiger partial charge on any atom is -0.490 e. The quantitative estimate of drug-likeness (QED) is 0.894. The molecule has 3 nitrogen and oxygen atoms in total. The van der Waals surface area contributed by atoms with Gasteiger partial charge in [-0.25, -0.2) is 0 Å². The van der Waals surface area contributed by atoms with Gasteiger partial charge in [0, 0.05) is 11.6 Å². The molecule has 1 aliphatic carbocycles. The number of hydrogen-bond acceptors (Lipinski definition) is 2. The molecule has 100 valence electrons. The number of aryl methyl sites for hydroxylation is 1. The van der Waals surface area contributed by atoms with E-state index < -0.39 is 0 Å². The second-order valence-corrected chi connectivity index (χ2v) is 5.39. The molecule has 1 fully saturated rings. The number of ether oxygens (including phenoxy) is 1. The van der Waals surface area contributed by atoms with E-state index in [-0.39, 0.29) is 5.56 Å². The average Bonchev–Trinajstić information content (AvgIpc) is 2.42. The standard InChI is InChI=1S/C16H19NO2/c1-11-9-14-12(7-8-17-16(14)18)10-15(11)19-13-5-3-2-4-6-13/h7-10,13H,2-6H2,1H3,(H,17,18). The second kappa shape index (κ2) is 5.08. The summed E-state index contributed by atoms with van der Waals surface area (Å²) in [4.78, 5) is 14.4. The molecule has 1 aromatic carbocycles. The van der Waals surface area contributed by atoms with Crippen LogP contribution in [-0.4, -0.2) is 11.1 Å². The molecule has 1 N–H and O–H groups in total. The van der Waals surface area contributed by atoms with E-state index in [9.17, 15) is 4.79 Å². The summed E-state index contributed by atoms with van der Waals surface area (Å²) in [5.41, 5.74) is 1.000. The lowest BCUT2D eigenvalue weighted by Crippen LogP contribution is -2.20. The zero-order chi connectivity index (χ0) is 13.2. The first kappa shape index (κ1) is 12.3. The van der Waals surface area contributed by atoms with Gasteiger partial charge in [0.25, 0.3) is 5.56 Å². The highest BCUT2D eigenvalue weighted by Gasteiger charge is 2.16. The maximum Gasteiger partial charge on any atom is 0.255 e. The van der Waals surface area contributed by atoms with Crippen molar-refractivity contribution in [3.8, 4) is 5.75 Å². The lowest BCUT2D eigenvalue weighted by molar-refractivity contribution is 0.154. The monoisotopic (exact) mass is 257 g/mol. The molecule has 0 amide bonds. The number of pyridine rings is 1. The van der Waals surface area contributed by atoms with Crippen molar-refractivity contribution in [2.24, 2.45) is 0 Å². The Hall–Kier alpha value is -1.77. The van der Waals surface area contributed by atoms with Gasteiger partial charge in [0.15, 0.2) is 0 Å². The summed E-state index contributed by atoms with van der Waals surface area (Å²) in [5.74, 6) is 0.921. The van der Waals surface area contributed by atoms with Gasteiger partial charge in [-0.1, -0.05) is 6.42 Å². The number of nitrogens with one attached hydrogen (secondary N) is 1. The number of fused-ring (bicyclic) bond motifs is 1. The Balaban J connectivity index is 1.95. The Kier molecular flexibility index (Phi) is 3.28. The van der Waals surface area contributed by atoms with Gasteiger partial charge >= 0.3 is 0 Å². The number of aromatic amines is 1. The SMILES string of the molecule is Cc1cc2c(=O)[nH]ccc2cc1OC1CCCCC1. The number of hydrogen-bond donors (Lipinski definition) is 1. The fraction of sp³-hybridized carbons (Fsp3) is 0.438. The normalized spacial score (nSPS) is 16.7. The van der Waals surface area contributed by atoms with Crippen LogP contribution in [0, 0.1) is 6.92 Å². The molecule has 0 spiro atoms. The van der Waals surface area contributed by atoms with Gasteiger partial charge in [0.05, 0.1) is 6.10 Å². The number of H-pyrrole nitrogens is 1. The van der Waals surface area contributed by atoms with Crippen molar-refractivity contribution < 1.29 is 4.74 Å². The van der Waals surface area contributed by atoms with E-state index in [1.165, 1.54) is 19.3 Å². The van der Waals surface area contributed by atoms with Crippen molar-refractivity contribution in [3.05, 3.63) is 40.3 Å². The van der Waals surface area contributed by atoms with E-state index in [1.807, 2.05) is 25.1 Å². The van der Waals surface area contributed by atoms with Crippen molar-refractivity contribution in [2.45, 2.75) is 45.1 Å². The third-order valence-electron chi connectivity index (χ3n) is 3.91. The molecule has 3 rings (SSSR count). The minimum absolute atomic E-state index is 0.0372. The Morgan fingerprint density at radius 3 is 2.79 bits per heavy atom. The van der Waals surface area contributed by atoms with Gasteiger partial charge in [0.1, 0.15) is 5.75 Å². The van der Waals surface area contributed by atoms with E-state index >= 15 is 0 Å². The van der Waals surface area contributed by atoms with E-state index in [0.717, 1.165) is 34.9 Å². The summed E-state index contributed by atoms with van der Waals surface area (Å²) in [6.07, 6.45) is 8.16. The van der Waals surface area contributed by atoms with Crippen LogP contribution in [0.4, 0.5) is 0 Å². The average molecular weight is 257 g/mol. The van der Waals surface area contributed by atoms with Gasteiger partial charge in [-0.3, -0.25) is 4.79 Å². The van der Waals surface area contributed by atoms with Crippen LogP contribution in [-0.2, 0) is 0 Å². The van der Waals surface area contributed by atoms with Crippen LogP contribution in [0.15, 0.2) is 29.2 Å². The van der Waals surface area contributed by atoms with Crippen LogP contribution in [0.2, 0.25) is 0 Å². The van der Waals surface area contributed by atoms with E-state index in [1.54, 1.807) is 6.20 Å². The predicted octanol–water partition coefficient (Wildman–Crippen LogP) is 3.55. The maximum atomic E-state index is 11.7. The van der Waals surface area contributed by atoms with Crippen LogP contribution < -0.4 is 10.3 Å². The zero-order valence-corrected chi connectivity index (χ0v) is 11.2. The van der Waals surface area contributed by atoms with Crippen molar-refractivity contribution in [2.75, 3.05) is 0 Å². The topological polar surface area (TPSA) is 42.1 Å². The predicted molar refractivity (Wildman–Crippen MR) is 76.8 cm³/mol. The van der Waals surface area contributed by atoms with Crippen molar-refractivity contribution in [3.63, 3.8) is 0 Å². The third kappa shape index (κ3) is 2.50. The maximum absolute atomic E-state index is 11.7.